The molecule has 11 heteroatoms. The van der Waals surface area contributed by atoms with Crippen molar-refractivity contribution in [2.24, 2.45) is 0 Å². The molecule has 0 saturated heterocycles. The number of likely N-dealkylation sites (N-methyl/N-ethyl adjacent to an activating group) is 1. The summed E-state index contributed by atoms with van der Waals surface area (Å²) in [4.78, 5) is 29.3. The quantitative estimate of drug-likeness (QED) is 0.301. The molecule has 10 nitrogen and oxygen atoms in total. The second-order valence-corrected chi connectivity index (χ2v) is 5.23. The van der Waals surface area contributed by atoms with Gasteiger partial charge >= 0.3 is 23.1 Å². The Balaban J connectivity index is -0.000000315. The fourth-order valence-electron chi connectivity index (χ4n) is 1.15. The number of aliphatic hydroxyl groups is 3. The van der Waals surface area contributed by atoms with Crippen LogP contribution in [0, 0.1) is 0 Å². The molecule has 2 unspecified atom stereocenters. The van der Waals surface area contributed by atoms with Crippen molar-refractivity contribution in [1.82, 2.24) is 0 Å². The molecule has 0 spiro atoms. The summed E-state index contributed by atoms with van der Waals surface area (Å²) < 4.78 is 0.550. The van der Waals surface area contributed by atoms with Crippen LogP contribution >= 0.6 is 0 Å². The molecule has 0 heterocycles. The zero-order chi connectivity index (χ0) is 17.4. The van der Waals surface area contributed by atoms with Gasteiger partial charge in [-0.1, -0.05) is 0 Å². The van der Waals surface area contributed by atoms with Crippen molar-refractivity contribution >= 4 is 41.0 Å². The predicted octanol–water partition coefficient (Wildman–Crippen LogP) is -6.98. The molecule has 124 valence electrons. The van der Waals surface area contributed by atoms with E-state index in [0.29, 0.717) is 11.0 Å². The minimum absolute atomic E-state index is 0. The summed E-state index contributed by atoms with van der Waals surface area (Å²) in [5.41, 5.74) is 0. The van der Waals surface area contributed by atoms with Crippen LogP contribution in [0.4, 0.5) is 0 Å². The van der Waals surface area contributed by atoms with Gasteiger partial charge in [0.15, 0.2) is 0 Å². The van der Waals surface area contributed by atoms with Gasteiger partial charge in [-0.25, -0.2) is 0 Å². The third kappa shape index (κ3) is 15.4. The molecular formula is C11H19MgNO9. The van der Waals surface area contributed by atoms with E-state index < -0.39 is 36.2 Å². The Kier molecular flexibility index (Phi) is 13.6. The number of carboxylic acid groups (broad SMARTS) is 3. The van der Waals surface area contributed by atoms with Gasteiger partial charge in [0.2, 0.25) is 0 Å². The molecule has 3 N–H and O–H groups in total. The van der Waals surface area contributed by atoms with Crippen molar-refractivity contribution in [2.75, 3.05) is 27.7 Å². The van der Waals surface area contributed by atoms with Crippen molar-refractivity contribution in [1.29, 1.82) is 0 Å². The van der Waals surface area contributed by atoms with Crippen LogP contribution in [0.15, 0.2) is 0 Å². The molecule has 0 aliphatic heterocycles. The summed E-state index contributed by atoms with van der Waals surface area (Å²) in [5, 5.41) is 54.9. The molecule has 0 amide bonds. The van der Waals surface area contributed by atoms with E-state index in [9.17, 15) is 29.7 Å². The summed E-state index contributed by atoms with van der Waals surface area (Å²) in [6, 6.07) is 0. The zero-order valence-electron chi connectivity index (χ0n) is 12.6. The third-order valence-corrected chi connectivity index (χ3v) is 1.94. The fraction of sp³-hybridized carbons (Fsp3) is 0.727. The molecule has 0 rings (SSSR count). The fourth-order valence-corrected chi connectivity index (χ4v) is 1.15. The van der Waals surface area contributed by atoms with Gasteiger partial charge in [0.1, 0.15) is 24.9 Å². The summed E-state index contributed by atoms with van der Waals surface area (Å²) in [5.74, 6) is -5.32. The summed E-state index contributed by atoms with van der Waals surface area (Å²) >= 11 is 0. The van der Waals surface area contributed by atoms with Crippen molar-refractivity contribution in [2.45, 2.75) is 24.7 Å². The maximum absolute atomic E-state index is 10.0. The molecule has 3 atom stereocenters. The van der Waals surface area contributed by atoms with E-state index in [-0.39, 0.29) is 29.5 Å². The SMILES string of the molecule is C[N+](C)(C)C[C@H](O)CC(=O)[O-].O=C([O-])C(O)C(O)C(=O)[O-].[Mg+2]. The summed E-state index contributed by atoms with van der Waals surface area (Å²) in [6.07, 6.45) is -5.97. The Hall–Kier alpha value is -0.984. The maximum Gasteiger partial charge on any atom is 2.00 e. The molecule has 22 heavy (non-hydrogen) atoms. The smallest absolute Gasteiger partial charge is 0.550 e. The van der Waals surface area contributed by atoms with Gasteiger partial charge < -0.3 is 49.5 Å². The van der Waals surface area contributed by atoms with Gasteiger partial charge in [-0.15, -0.1) is 0 Å². The predicted molar refractivity (Wildman–Crippen MR) is 66.3 cm³/mol. The monoisotopic (exact) mass is 333 g/mol. The molecule has 0 aromatic carbocycles. The number of nitrogens with zero attached hydrogens (tertiary/aromatic N) is 1. The van der Waals surface area contributed by atoms with Crippen molar-refractivity contribution < 1.29 is 49.5 Å². The van der Waals surface area contributed by atoms with Crippen LogP contribution in [-0.4, -0.2) is 107 Å². The van der Waals surface area contributed by atoms with E-state index in [1.807, 2.05) is 21.1 Å². The second kappa shape index (κ2) is 11.6. The Labute approximate surface area is 143 Å². The van der Waals surface area contributed by atoms with Crippen LogP contribution in [0.3, 0.4) is 0 Å². The average Bonchev–Trinajstić information content (AvgIpc) is 2.23. The third-order valence-electron chi connectivity index (χ3n) is 1.94. The Bertz CT molecular complexity index is 351. The molecule has 0 aliphatic rings. The van der Waals surface area contributed by atoms with Crippen LogP contribution in [0.25, 0.3) is 0 Å². The Morgan fingerprint density at radius 2 is 1.23 bits per heavy atom. The van der Waals surface area contributed by atoms with E-state index in [1.54, 1.807) is 0 Å². The number of carboxylic acids is 3. The van der Waals surface area contributed by atoms with Crippen LogP contribution in [-0.2, 0) is 14.4 Å². The van der Waals surface area contributed by atoms with Crippen LogP contribution < -0.4 is 15.3 Å². The molecule has 0 aliphatic carbocycles. The van der Waals surface area contributed by atoms with E-state index >= 15 is 0 Å². The number of carbonyl (C=O) groups excluding carboxylic acids is 3. The largest absolute Gasteiger partial charge is 2.00 e. The van der Waals surface area contributed by atoms with Gasteiger partial charge in [-0.2, -0.15) is 0 Å². The molecule has 0 radical (unpaired) electrons. The summed E-state index contributed by atoms with van der Waals surface area (Å²) in [7, 11) is 5.66. The number of quaternary nitrogens is 1. The minimum Gasteiger partial charge on any atom is -0.550 e. The van der Waals surface area contributed by atoms with Crippen molar-refractivity contribution in [3.63, 3.8) is 0 Å². The van der Waals surface area contributed by atoms with Gasteiger partial charge in [0.05, 0.1) is 33.1 Å². The first kappa shape index (κ1) is 25.9. The van der Waals surface area contributed by atoms with Crippen LogP contribution in [0.1, 0.15) is 6.42 Å². The molecule has 0 bridgehead atoms. The van der Waals surface area contributed by atoms with Gasteiger partial charge in [0, 0.05) is 12.4 Å². The van der Waals surface area contributed by atoms with Gasteiger partial charge in [0.25, 0.3) is 0 Å². The van der Waals surface area contributed by atoms with E-state index in [0.717, 1.165) is 0 Å². The van der Waals surface area contributed by atoms with E-state index in [1.165, 1.54) is 0 Å². The first-order chi connectivity index (χ1) is 9.27. The summed E-state index contributed by atoms with van der Waals surface area (Å²) in [6.45, 7) is 0.425. The average molecular weight is 334 g/mol. The standard InChI is InChI=1S/C7H15NO3.C4H6O6.Mg/c1-8(2,3)5-6(9)4-7(10)11;5-1(3(7)8)2(6)4(9)10;/h6,9H,4-5H2,1-3H3;1-2,5-6H,(H,7,8)(H,9,10);/q;;+2/p-2/t6-;;/m1../s1. The van der Waals surface area contributed by atoms with E-state index in [4.69, 9.17) is 15.3 Å². The Morgan fingerprint density at radius 3 is 1.41 bits per heavy atom. The zero-order valence-corrected chi connectivity index (χ0v) is 14.0. The van der Waals surface area contributed by atoms with Gasteiger partial charge in [-0.05, 0) is 0 Å². The van der Waals surface area contributed by atoms with Crippen LogP contribution in [0.2, 0.25) is 0 Å². The topological polar surface area (TPSA) is 181 Å². The number of hydrogen-bond acceptors (Lipinski definition) is 9. The minimum atomic E-state index is -2.44. The van der Waals surface area contributed by atoms with E-state index in [2.05, 4.69) is 0 Å². The molecule has 0 aromatic rings. The number of carbonyl (C=O) groups is 3. The normalized spacial score (nSPS) is 14.5. The molecule has 0 fully saturated rings. The van der Waals surface area contributed by atoms with Crippen LogP contribution in [0.5, 0.6) is 0 Å². The number of aliphatic hydroxyl groups excluding tert-OH is 3. The first-order valence-electron chi connectivity index (χ1n) is 5.74. The van der Waals surface area contributed by atoms with Crippen molar-refractivity contribution in [3.05, 3.63) is 0 Å². The molecular weight excluding hydrogens is 314 g/mol. The number of aliphatic carboxylic acids is 3. The second-order valence-electron chi connectivity index (χ2n) is 5.23. The molecule has 0 saturated carbocycles. The number of rotatable bonds is 7. The molecule has 0 aromatic heterocycles. The van der Waals surface area contributed by atoms with Crippen molar-refractivity contribution in [3.8, 4) is 0 Å². The Morgan fingerprint density at radius 1 is 0.909 bits per heavy atom. The van der Waals surface area contributed by atoms with Gasteiger partial charge in [-0.3, -0.25) is 0 Å². The number of hydrogen-bond donors (Lipinski definition) is 3. The maximum atomic E-state index is 10.0. The first-order valence-corrected chi connectivity index (χ1v) is 5.74.